The van der Waals surface area contributed by atoms with Crippen molar-refractivity contribution >= 4 is 11.8 Å². The molecule has 1 N–H and O–H groups in total. The van der Waals surface area contributed by atoms with Gasteiger partial charge in [0.25, 0.3) is 5.60 Å². The van der Waals surface area contributed by atoms with Gasteiger partial charge in [-0.2, -0.15) is 38.1 Å². The number of aliphatic hydroxyl groups is 1. The Kier molecular flexibility index (Phi) is 3.82. The van der Waals surface area contributed by atoms with E-state index in [1.807, 2.05) is 13.8 Å². The summed E-state index contributed by atoms with van der Waals surface area (Å²) >= 11 is 1.47. The molecule has 0 aromatic carbocycles. The molecule has 5 unspecified atom stereocenters. The van der Waals surface area contributed by atoms with Gasteiger partial charge >= 0.3 is 12.4 Å². The molecule has 2 aliphatic heterocycles. The molecule has 2 rings (SSSR count). The third-order valence-electron chi connectivity index (χ3n) is 4.76. The van der Waals surface area contributed by atoms with Crippen molar-refractivity contribution < 1.29 is 31.4 Å². The van der Waals surface area contributed by atoms with Crippen molar-refractivity contribution in [2.75, 3.05) is 0 Å². The summed E-state index contributed by atoms with van der Waals surface area (Å²) in [5.74, 6) is -0.370. The first kappa shape index (κ1) is 16.3. The van der Waals surface area contributed by atoms with E-state index >= 15 is 0 Å². The summed E-state index contributed by atoms with van der Waals surface area (Å²) in [7, 11) is 0. The zero-order chi connectivity index (χ0) is 15.5. The first-order valence-electron chi connectivity index (χ1n) is 6.40. The van der Waals surface area contributed by atoms with E-state index in [0.29, 0.717) is 12.3 Å². The molecule has 2 saturated heterocycles. The van der Waals surface area contributed by atoms with Crippen molar-refractivity contribution in [3.05, 3.63) is 0 Å². The number of halogens is 6. The number of thioether (sulfide) groups is 1. The molecule has 2 bridgehead atoms. The first-order valence-corrected chi connectivity index (χ1v) is 7.34. The minimum absolute atomic E-state index is 0.0782. The Morgan fingerprint density at radius 1 is 1.00 bits per heavy atom. The van der Waals surface area contributed by atoms with Gasteiger partial charge in [-0.05, 0) is 30.6 Å². The van der Waals surface area contributed by atoms with E-state index in [1.165, 1.54) is 11.8 Å². The average Bonchev–Trinajstić information content (AvgIpc) is 2.77. The first-order chi connectivity index (χ1) is 8.88. The largest absolute Gasteiger partial charge is 0.426 e. The molecule has 2 heterocycles. The van der Waals surface area contributed by atoms with Crippen LogP contribution in [0.1, 0.15) is 26.7 Å². The highest BCUT2D eigenvalue weighted by Crippen LogP contribution is 2.59. The van der Waals surface area contributed by atoms with Crippen molar-refractivity contribution in [1.82, 2.24) is 0 Å². The summed E-state index contributed by atoms with van der Waals surface area (Å²) in [5, 5.41) is 9.14. The van der Waals surface area contributed by atoms with Crippen LogP contribution in [0.15, 0.2) is 0 Å². The molecule has 0 radical (unpaired) electrons. The summed E-state index contributed by atoms with van der Waals surface area (Å²) in [6.07, 6.45) is -12.4. The zero-order valence-corrected chi connectivity index (χ0v) is 11.7. The van der Waals surface area contributed by atoms with Gasteiger partial charge in [0.2, 0.25) is 0 Å². The van der Waals surface area contributed by atoms with Gasteiger partial charge in [-0.25, -0.2) is 0 Å². The minimum Gasteiger partial charge on any atom is -0.374 e. The number of hydrogen-bond acceptors (Lipinski definition) is 2. The van der Waals surface area contributed by atoms with Crippen molar-refractivity contribution in [3.8, 4) is 0 Å². The molecular weight excluding hydrogens is 306 g/mol. The van der Waals surface area contributed by atoms with Crippen LogP contribution in [0.2, 0.25) is 0 Å². The maximum atomic E-state index is 12.7. The summed E-state index contributed by atoms with van der Waals surface area (Å²) in [4.78, 5) is 0. The van der Waals surface area contributed by atoms with Gasteiger partial charge in [0.15, 0.2) is 0 Å². The third-order valence-corrected chi connectivity index (χ3v) is 6.86. The van der Waals surface area contributed by atoms with E-state index in [1.54, 1.807) is 0 Å². The molecule has 0 aromatic heterocycles. The van der Waals surface area contributed by atoms with Crippen LogP contribution in [0.3, 0.4) is 0 Å². The maximum Gasteiger partial charge on any atom is 0.426 e. The van der Waals surface area contributed by atoms with Crippen LogP contribution in [0.25, 0.3) is 0 Å². The van der Waals surface area contributed by atoms with Crippen LogP contribution in [0.5, 0.6) is 0 Å². The van der Waals surface area contributed by atoms with E-state index < -0.39 is 30.3 Å². The van der Waals surface area contributed by atoms with Gasteiger partial charge in [-0.1, -0.05) is 13.8 Å². The molecule has 0 amide bonds. The fourth-order valence-electron chi connectivity index (χ4n) is 3.30. The number of alkyl halides is 6. The van der Waals surface area contributed by atoms with Crippen LogP contribution in [-0.4, -0.2) is 33.6 Å². The summed E-state index contributed by atoms with van der Waals surface area (Å²) in [6.45, 7) is 3.83. The Labute approximate surface area is 117 Å². The van der Waals surface area contributed by atoms with Crippen LogP contribution < -0.4 is 0 Å². The fraction of sp³-hybridized carbons (Fsp3) is 1.00. The Balaban J connectivity index is 2.20. The van der Waals surface area contributed by atoms with Crippen LogP contribution >= 0.6 is 11.8 Å². The zero-order valence-electron chi connectivity index (χ0n) is 10.9. The normalized spacial score (nSPS) is 38.5. The van der Waals surface area contributed by atoms with Gasteiger partial charge in [-0.15, -0.1) is 0 Å². The standard InChI is InChI=1S/C12H16F6OS/c1-5-6(2)9-7(3-8(5)20-9)4-10(19,11(13,14)15)12(16,17)18/h5-9,19H,3-4H2,1-2H3. The average molecular weight is 322 g/mol. The maximum absolute atomic E-state index is 12.7. The molecule has 118 valence electrons. The highest BCUT2D eigenvalue weighted by atomic mass is 32.2. The van der Waals surface area contributed by atoms with Gasteiger partial charge in [0.05, 0.1) is 0 Å². The topological polar surface area (TPSA) is 20.2 Å². The molecule has 0 saturated carbocycles. The Hall–Kier alpha value is -0.110. The fourth-order valence-corrected chi connectivity index (χ4v) is 5.48. The smallest absolute Gasteiger partial charge is 0.374 e. The second kappa shape index (κ2) is 4.69. The molecule has 8 heteroatoms. The molecule has 5 atom stereocenters. The SMILES string of the molecule is CC1C2CC(CC(O)(C(F)(F)F)C(F)(F)F)C(S2)C1C. The highest BCUT2D eigenvalue weighted by Gasteiger charge is 2.71. The summed E-state index contributed by atoms with van der Waals surface area (Å²) in [5.41, 5.74) is -4.60. The summed E-state index contributed by atoms with van der Waals surface area (Å²) in [6, 6.07) is 0. The lowest BCUT2D eigenvalue weighted by Crippen LogP contribution is -2.58. The lowest BCUT2D eigenvalue weighted by Gasteiger charge is -2.38. The predicted octanol–water partition coefficient (Wildman–Crippen LogP) is 4.01. The molecule has 1 nitrogen and oxygen atoms in total. The molecule has 2 fully saturated rings. The van der Waals surface area contributed by atoms with Crippen molar-refractivity contribution in [1.29, 1.82) is 0 Å². The van der Waals surface area contributed by atoms with Crippen LogP contribution in [-0.2, 0) is 0 Å². The lowest BCUT2D eigenvalue weighted by molar-refractivity contribution is -0.373. The molecule has 0 aromatic rings. The van der Waals surface area contributed by atoms with E-state index in [4.69, 9.17) is 0 Å². The molecular formula is C12H16F6OS. The lowest BCUT2D eigenvalue weighted by atomic mass is 9.72. The van der Waals surface area contributed by atoms with Gasteiger partial charge in [0, 0.05) is 10.5 Å². The Morgan fingerprint density at radius 3 is 1.85 bits per heavy atom. The molecule has 2 aliphatic rings. The summed E-state index contributed by atoms with van der Waals surface area (Å²) < 4.78 is 76.2. The quantitative estimate of drug-likeness (QED) is 0.775. The second-order valence-electron chi connectivity index (χ2n) is 5.91. The van der Waals surface area contributed by atoms with E-state index in [0.717, 1.165) is 0 Å². The van der Waals surface area contributed by atoms with E-state index in [-0.39, 0.29) is 16.4 Å². The number of rotatable bonds is 2. The van der Waals surface area contributed by atoms with Crippen LogP contribution in [0, 0.1) is 17.8 Å². The Morgan fingerprint density at radius 2 is 1.50 bits per heavy atom. The highest BCUT2D eigenvalue weighted by molar-refractivity contribution is 8.01. The minimum atomic E-state index is -5.70. The molecule has 0 aliphatic carbocycles. The van der Waals surface area contributed by atoms with Crippen LogP contribution in [0.4, 0.5) is 26.3 Å². The molecule has 0 spiro atoms. The third kappa shape index (κ3) is 2.32. The van der Waals surface area contributed by atoms with E-state index in [2.05, 4.69) is 0 Å². The van der Waals surface area contributed by atoms with Crippen molar-refractivity contribution in [3.63, 3.8) is 0 Å². The second-order valence-corrected chi connectivity index (χ2v) is 7.34. The Bertz CT molecular complexity index is 363. The van der Waals surface area contributed by atoms with Crippen molar-refractivity contribution in [2.24, 2.45) is 17.8 Å². The van der Waals surface area contributed by atoms with Crippen molar-refractivity contribution in [2.45, 2.75) is 55.1 Å². The number of hydrogen-bond donors (Lipinski definition) is 1. The molecule has 20 heavy (non-hydrogen) atoms. The number of fused-ring (bicyclic) bond motifs is 2. The van der Waals surface area contributed by atoms with Gasteiger partial charge < -0.3 is 5.11 Å². The van der Waals surface area contributed by atoms with Gasteiger partial charge in [-0.3, -0.25) is 0 Å². The monoisotopic (exact) mass is 322 g/mol. The van der Waals surface area contributed by atoms with Gasteiger partial charge in [0.1, 0.15) is 0 Å². The van der Waals surface area contributed by atoms with E-state index in [9.17, 15) is 31.4 Å². The predicted molar refractivity (Wildman–Crippen MR) is 63.3 cm³/mol.